The maximum absolute atomic E-state index is 12.6. The fourth-order valence-electron chi connectivity index (χ4n) is 3.34. The van der Waals surface area contributed by atoms with Crippen LogP contribution in [0.2, 0.25) is 0 Å². The van der Waals surface area contributed by atoms with Crippen molar-refractivity contribution in [1.82, 2.24) is 14.5 Å². The van der Waals surface area contributed by atoms with Gasteiger partial charge in [0.15, 0.2) is 5.16 Å². The van der Waals surface area contributed by atoms with Gasteiger partial charge >= 0.3 is 0 Å². The van der Waals surface area contributed by atoms with Crippen molar-refractivity contribution in [3.05, 3.63) is 36.5 Å². The lowest BCUT2D eigenvalue weighted by atomic mass is 10.2. The zero-order valence-electron chi connectivity index (χ0n) is 14.0. The van der Waals surface area contributed by atoms with E-state index in [0.29, 0.717) is 6.04 Å². The van der Waals surface area contributed by atoms with Gasteiger partial charge in [0.2, 0.25) is 5.91 Å². The van der Waals surface area contributed by atoms with Crippen molar-refractivity contribution in [3.63, 3.8) is 0 Å². The molecule has 2 heterocycles. The first kappa shape index (κ1) is 15.8. The maximum atomic E-state index is 12.6. The highest BCUT2D eigenvalue weighted by atomic mass is 32.2. The Labute approximate surface area is 147 Å². The van der Waals surface area contributed by atoms with Gasteiger partial charge in [-0.05, 0) is 38.2 Å². The number of aromatic nitrogens is 2. The third kappa shape index (κ3) is 3.09. The van der Waals surface area contributed by atoms with Crippen molar-refractivity contribution in [2.45, 2.75) is 49.1 Å². The predicted molar refractivity (Wildman–Crippen MR) is 97.1 cm³/mol. The number of carbonyl (C=O) groups excluding carboxylic acids is 1. The first-order valence-corrected chi connectivity index (χ1v) is 9.70. The number of carbonyl (C=O) groups is 1. The molecule has 1 aromatic carbocycles. The zero-order valence-corrected chi connectivity index (χ0v) is 14.8. The second-order valence-corrected chi connectivity index (χ2v) is 7.99. The average molecular weight is 341 g/mol. The topological polar surface area (TPSA) is 38.1 Å². The van der Waals surface area contributed by atoms with Gasteiger partial charge in [-0.25, -0.2) is 4.98 Å². The van der Waals surface area contributed by atoms with E-state index in [-0.39, 0.29) is 11.2 Å². The normalized spacial score (nSPS) is 18.8. The van der Waals surface area contributed by atoms with Gasteiger partial charge in [-0.3, -0.25) is 4.79 Å². The second kappa shape index (κ2) is 6.63. The number of nitrogens with zero attached hydrogens (tertiary/aromatic N) is 3. The summed E-state index contributed by atoms with van der Waals surface area (Å²) in [7, 11) is 0. The van der Waals surface area contributed by atoms with Crippen molar-refractivity contribution in [3.8, 4) is 11.3 Å². The van der Waals surface area contributed by atoms with Crippen molar-refractivity contribution in [2.75, 3.05) is 13.1 Å². The van der Waals surface area contributed by atoms with E-state index in [2.05, 4.69) is 33.8 Å². The maximum Gasteiger partial charge on any atom is 0.235 e. The standard InChI is InChI=1S/C19H23N3OS/c1-14(18(23)21-11-5-6-12-21)24-19-20-13-17(22(19)16-9-10-16)15-7-3-2-4-8-15/h2-4,7-8,13-14,16H,5-6,9-12H2,1H3. The lowest BCUT2D eigenvalue weighted by molar-refractivity contribution is -0.129. The molecule has 1 atom stereocenters. The summed E-state index contributed by atoms with van der Waals surface area (Å²) in [4.78, 5) is 19.2. The SMILES string of the molecule is CC(Sc1ncc(-c2ccccc2)n1C1CC1)C(=O)N1CCCC1. The molecular weight excluding hydrogens is 318 g/mol. The minimum absolute atomic E-state index is 0.0772. The predicted octanol–water partition coefficient (Wildman–Crippen LogP) is 3.99. The Morgan fingerprint density at radius 2 is 1.92 bits per heavy atom. The zero-order chi connectivity index (χ0) is 16.5. The van der Waals surface area contributed by atoms with E-state index in [9.17, 15) is 4.79 Å². The van der Waals surface area contributed by atoms with Crippen LogP contribution in [0.1, 0.15) is 38.6 Å². The molecule has 2 fully saturated rings. The lowest BCUT2D eigenvalue weighted by Gasteiger charge is -2.20. The molecule has 1 amide bonds. The van der Waals surface area contributed by atoms with E-state index in [1.807, 2.05) is 24.1 Å². The molecule has 24 heavy (non-hydrogen) atoms. The molecular formula is C19H23N3OS. The molecule has 1 aliphatic carbocycles. The molecule has 1 unspecified atom stereocenters. The van der Waals surface area contributed by atoms with Gasteiger partial charge in [0.25, 0.3) is 0 Å². The van der Waals surface area contributed by atoms with Gasteiger partial charge in [-0.1, -0.05) is 42.1 Å². The lowest BCUT2D eigenvalue weighted by Crippen LogP contribution is -2.34. The van der Waals surface area contributed by atoms with Crippen LogP contribution < -0.4 is 0 Å². The van der Waals surface area contributed by atoms with Crippen molar-refractivity contribution in [2.24, 2.45) is 0 Å². The molecule has 0 radical (unpaired) electrons. The summed E-state index contributed by atoms with van der Waals surface area (Å²) >= 11 is 1.61. The third-order valence-corrected chi connectivity index (χ3v) is 5.86. The van der Waals surface area contributed by atoms with Crippen LogP contribution in [0.3, 0.4) is 0 Å². The van der Waals surface area contributed by atoms with Crippen LogP contribution >= 0.6 is 11.8 Å². The fraction of sp³-hybridized carbons (Fsp3) is 0.474. The molecule has 126 valence electrons. The summed E-state index contributed by atoms with van der Waals surface area (Å²) in [5.74, 6) is 0.254. The molecule has 2 aromatic rings. The van der Waals surface area contributed by atoms with Crippen LogP contribution in [0.15, 0.2) is 41.7 Å². The van der Waals surface area contributed by atoms with E-state index in [1.165, 1.54) is 24.1 Å². The molecule has 0 bridgehead atoms. The minimum Gasteiger partial charge on any atom is -0.342 e. The minimum atomic E-state index is -0.0772. The largest absolute Gasteiger partial charge is 0.342 e. The Morgan fingerprint density at radius 3 is 2.58 bits per heavy atom. The van der Waals surface area contributed by atoms with E-state index >= 15 is 0 Å². The van der Waals surface area contributed by atoms with E-state index < -0.39 is 0 Å². The number of likely N-dealkylation sites (tertiary alicyclic amines) is 1. The average Bonchev–Trinajstić information content (AvgIpc) is 3.13. The number of thioether (sulfide) groups is 1. The van der Waals surface area contributed by atoms with Gasteiger partial charge in [0.05, 0.1) is 17.1 Å². The summed E-state index contributed by atoms with van der Waals surface area (Å²) in [5, 5.41) is 0.906. The highest BCUT2D eigenvalue weighted by Gasteiger charge is 2.31. The van der Waals surface area contributed by atoms with Crippen LogP contribution in [0.5, 0.6) is 0 Å². The van der Waals surface area contributed by atoms with Crippen LogP contribution in [0.4, 0.5) is 0 Å². The molecule has 1 aromatic heterocycles. The number of hydrogen-bond donors (Lipinski definition) is 0. The van der Waals surface area contributed by atoms with Crippen LogP contribution in [0, 0.1) is 0 Å². The van der Waals surface area contributed by atoms with E-state index in [0.717, 1.165) is 31.1 Å². The van der Waals surface area contributed by atoms with Gasteiger partial charge < -0.3 is 9.47 Å². The number of rotatable bonds is 5. The molecule has 4 rings (SSSR count). The Morgan fingerprint density at radius 1 is 1.21 bits per heavy atom. The van der Waals surface area contributed by atoms with Crippen molar-refractivity contribution in [1.29, 1.82) is 0 Å². The van der Waals surface area contributed by atoms with Gasteiger partial charge in [-0.15, -0.1) is 0 Å². The van der Waals surface area contributed by atoms with Gasteiger partial charge in [0.1, 0.15) is 0 Å². The Hall–Kier alpha value is -1.75. The molecule has 5 heteroatoms. The first-order chi connectivity index (χ1) is 11.7. The highest BCUT2D eigenvalue weighted by molar-refractivity contribution is 8.00. The summed E-state index contributed by atoms with van der Waals surface area (Å²) in [6.07, 6.45) is 6.65. The quantitative estimate of drug-likeness (QED) is 0.772. The molecule has 1 saturated heterocycles. The van der Waals surface area contributed by atoms with Crippen LogP contribution in [-0.4, -0.2) is 38.7 Å². The van der Waals surface area contributed by atoms with Crippen molar-refractivity contribution >= 4 is 17.7 Å². The molecule has 4 nitrogen and oxygen atoms in total. The van der Waals surface area contributed by atoms with E-state index in [4.69, 9.17) is 0 Å². The molecule has 1 saturated carbocycles. The van der Waals surface area contributed by atoms with Gasteiger partial charge in [0, 0.05) is 19.1 Å². The smallest absolute Gasteiger partial charge is 0.235 e. The number of benzene rings is 1. The number of imidazole rings is 1. The first-order valence-electron chi connectivity index (χ1n) is 8.82. The number of hydrogen-bond acceptors (Lipinski definition) is 3. The summed E-state index contributed by atoms with van der Waals surface area (Å²) in [5.41, 5.74) is 2.36. The van der Waals surface area contributed by atoms with Crippen LogP contribution in [-0.2, 0) is 4.79 Å². The summed E-state index contributed by atoms with van der Waals surface area (Å²) in [6.45, 7) is 3.84. The Bertz CT molecular complexity index is 717. The molecule has 1 aliphatic heterocycles. The van der Waals surface area contributed by atoms with E-state index in [1.54, 1.807) is 11.8 Å². The Kier molecular flexibility index (Phi) is 4.35. The van der Waals surface area contributed by atoms with Crippen molar-refractivity contribution < 1.29 is 4.79 Å². The second-order valence-electron chi connectivity index (χ2n) is 6.69. The summed E-state index contributed by atoms with van der Waals surface area (Å²) in [6, 6.07) is 11.0. The molecule has 0 N–H and O–H groups in total. The van der Waals surface area contributed by atoms with Crippen LogP contribution in [0.25, 0.3) is 11.3 Å². The highest BCUT2D eigenvalue weighted by Crippen LogP contribution is 2.42. The fourth-order valence-corrected chi connectivity index (χ4v) is 4.38. The monoisotopic (exact) mass is 341 g/mol. The number of amides is 1. The van der Waals surface area contributed by atoms with Gasteiger partial charge in [-0.2, -0.15) is 0 Å². The molecule has 0 spiro atoms. The Balaban J connectivity index is 1.57. The molecule has 2 aliphatic rings. The third-order valence-electron chi connectivity index (χ3n) is 4.79. The summed E-state index contributed by atoms with van der Waals surface area (Å²) < 4.78 is 2.34.